The second-order valence-corrected chi connectivity index (χ2v) is 3.47. The second-order valence-electron chi connectivity index (χ2n) is 2.68. The van der Waals surface area contributed by atoms with E-state index in [1.165, 1.54) is 11.5 Å². The number of nitrogens with two attached hydrogens (primary N) is 1. The third kappa shape index (κ3) is 1.74. The lowest BCUT2D eigenvalue weighted by atomic mass is 10.1. The summed E-state index contributed by atoms with van der Waals surface area (Å²) in [7, 11) is 0. The Morgan fingerprint density at radius 2 is 2.00 bits per heavy atom. The van der Waals surface area contributed by atoms with Crippen LogP contribution in [-0.4, -0.2) is 9.59 Å². The Kier molecular flexibility index (Phi) is 2.33. The molecule has 0 aliphatic carbocycles. The Labute approximate surface area is 80.4 Å². The van der Waals surface area contributed by atoms with Crippen LogP contribution in [-0.2, 0) is 6.54 Å². The Morgan fingerprint density at radius 3 is 2.54 bits per heavy atom. The lowest BCUT2D eigenvalue weighted by molar-refractivity contribution is 1.07. The summed E-state index contributed by atoms with van der Waals surface area (Å²) in [6.07, 6.45) is 1.77. The molecule has 0 unspecified atom stereocenters. The molecule has 0 aliphatic rings. The minimum absolute atomic E-state index is 0.585. The molecule has 66 valence electrons. The lowest BCUT2D eigenvalue weighted by Crippen LogP contribution is -1.94. The van der Waals surface area contributed by atoms with Crippen molar-refractivity contribution in [3.63, 3.8) is 0 Å². The van der Waals surface area contributed by atoms with Crippen LogP contribution in [0, 0.1) is 0 Å². The monoisotopic (exact) mass is 191 g/mol. The number of hydrogen-bond acceptors (Lipinski definition) is 4. The quantitative estimate of drug-likeness (QED) is 0.785. The molecule has 2 rings (SSSR count). The van der Waals surface area contributed by atoms with Crippen molar-refractivity contribution in [1.82, 2.24) is 9.59 Å². The Bertz CT molecular complexity index is 366. The van der Waals surface area contributed by atoms with Crippen LogP contribution in [0.4, 0.5) is 0 Å². The van der Waals surface area contributed by atoms with Gasteiger partial charge in [0.2, 0.25) is 0 Å². The van der Waals surface area contributed by atoms with E-state index in [-0.39, 0.29) is 0 Å². The molecule has 0 atom stereocenters. The SMILES string of the molecule is NCc1ccc(-c2cnns2)cc1. The van der Waals surface area contributed by atoms with Crippen LogP contribution < -0.4 is 5.73 Å². The zero-order valence-corrected chi connectivity index (χ0v) is 7.79. The molecule has 1 aromatic heterocycles. The summed E-state index contributed by atoms with van der Waals surface area (Å²) >= 11 is 1.40. The molecule has 2 aromatic rings. The van der Waals surface area contributed by atoms with E-state index in [0.29, 0.717) is 6.54 Å². The first-order valence-corrected chi connectivity index (χ1v) is 4.74. The third-order valence-corrected chi connectivity index (χ3v) is 2.55. The van der Waals surface area contributed by atoms with Gasteiger partial charge in [-0.15, -0.1) is 5.10 Å². The summed E-state index contributed by atoms with van der Waals surface area (Å²) in [5.74, 6) is 0. The molecule has 3 nitrogen and oxygen atoms in total. The van der Waals surface area contributed by atoms with Crippen molar-refractivity contribution in [3.8, 4) is 10.4 Å². The van der Waals surface area contributed by atoms with Crippen LogP contribution >= 0.6 is 11.5 Å². The molecule has 2 N–H and O–H groups in total. The molecular formula is C9H9N3S. The van der Waals surface area contributed by atoms with E-state index in [0.717, 1.165) is 16.0 Å². The van der Waals surface area contributed by atoms with Gasteiger partial charge in [-0.3, -0.25) is 0 Å². The molecule has 0 saturated heterocycles. The fourth-order valence-electron chi connectivity index (χ4n) is 1.10. The van der Waals surface area contributed by atoms with Crippen LogP contribution in [0.25, 0.3) is 10.4 Å². The molecule has 0 radical (unpaired) electrons. The zero-order chi connectivity index (χ0) is 9.10. The van der Waals surface area contributed by atoms with Gasteiger partial charge >= 0.3 is 0 Å². The van der Waals surface area contributed by atoms with Gasteiger partial charge in [0.15, 0.2) is 0 Å². The van der Waals surface area contributed by atoms with Gasteiger partial charge in [0.05, 0.1) is 11.1 Å². The van der Waals surface area contributed by atoms with Gasteiger partial charge in [-0.1, -0.05) is 28.8 Å². The van der Waals surface area contributed by atoms with Gasteiger partial charge in [0.25, 0.3) is 0 Å². The highest BCUT2D eigenvalue weighted by Crippen LogP contribution is 2.21. The van der Waals surface area contributed by atoms with E-state index in [2.05, 4.69) is 9.59 Å². The van der Waals surface area contributed by atoms with Gasteiger partial charge in [-0.25, -0.2) is 0 Å². The molecule has 0 amide bonds. The topological polar surface area (TPSA) is 51.8 Å². The van der Waals surface area contributed by atoms with Crippen molar-refractivity contribution in [3.05, 3.63) is 36.0 Å². The molecule has 1 aromatic carbocycles. The first kappa shape index (κ1) is 8.34. The van der Waals surface area contributed by atoms with E-state index in [9.17, 15) is 0 Å². The largest absolute Gasteiger partial charge is 0.326 e. The normalized spacial score (nSPS) is 10.2. The van der Waals surface area contributed by atoms with Crippen molar-refractivity contribution >= 4 is 11.5 Å². The molecule has 0 aliphatic heterocycles. The number of aromatic nitrogens is 2. The summed E-state index contributed by atoms with van der Waals surface area (Å²) in [4.78, 5) is 1.09. The van der Waals surface area contributed by atoms with E-state index >= 15 is 0 Å². The number of rotatable bonds is 2. The minimum Gasteiger partial charge on any atom is -0.326 e. The minimum atomic E-state index is 0.585. The van der Waals surface area contributed by atoms with E-state index in [4.69, 9.17) is 5.73 Å². The van der Waals surface area contributed by atoms with E-state index in [1.54, 1.807) is 6.20 Å². The van der Waals surface area contributed by atoms with E-state index in [1.807, 2.05) is 24.3 Å². The van der Waals surface area contributed by atoms with Gasteiger partial charge in [-0.2, -0.15) is 0 Å². The maximum atomic E-state index is 5.50. The Hall–Kier alpha value is -1.26. The molecular weight excluding hydrogens is 182 g/mol. The smallest absolute Gasteiger partial charge is 0.0753 e. The Balaban J connectivity index is 2.33. The van der Waals surface area contributed by atoms with Crippen LogP contribution in [0.1, 0.15) is 5.56 Å². The second kappa shape index (κ2) is 3.64. The van der Waals surface area contributed by atoms with Crippen molar-refractivity contribution in [2.45, 2.75) is 6.54 Å². The van der Waals surface area contributed by atoms with Gasteiger partial charge in [0.1, 0.15) is 0 Å². The van der Waals surface area contributed by atoms with Crippen molar-refractivity contribution in [2.24, 2.45) is 5.73 Å². The highest BCUT2D eigenvalue weighted by atomic mass is 32.1. The summed E-state index contributed by atoms with van der Waals surface area (Å²) in [6, 6.07) is 8.12. The number of benzene rings is 1. The molecule has 0 fully saturated rings. The molecule has 0 saturated carbocycles. The van der Waals surface area contributed by atoms with E-state index < -0.39 is 0 Å². The number of nitrogens with zero attached hydrogens (tertiary/aromatic N) is 2. The van der Waals surface area contributed by atoms with Crippen LogP contribution in [0.2, 0.25) is 0 Å². The van der Waals surface area contributed by atoms with Gasteiger partial charge in [0, 0.05) is 6.54 Å². The summed E-state index contributed by atoms with van der Waals surface area (Å²) in [5.41, 5.74) is 7.78. The zero-order valence-electron chi connectivity index (χ0n) is 6.97. The fourth-order valence-corrected chi connectivity index (χ4v) is 1.62. The van der Waals surface area contributed by atoms with Crippen LogP contribution in [0.3, 0.4) is 0 Å². The van der Waals surface area contributed by atoms with Gasteiger partial charge < -0.3 is 5.73 Å². The van der Waals surface area contributed by atoms with Crippen molar-refractivity contribution < 1.29 is 0 Å². The molecule has 0 spiro atoms. The van der Waals surface area contributed by atoms with Crippen LogP contribution in [0.15, 0.2) is 30.5 Å². The molecule has 13 heavy (non-hydrogen) atoms. The van der Waals surface area contributed by atoms with Crippen LogP contribution in [0.5, 0.6) is 0 Å². The average Bonchev–Trinajstić information content (AvgIpc) is 2.71. The summed E-state index contributed by atoms with van der Waals surface area (Å²) in [5, 5.41) is 3.78. The number of hydrogen-bond donors (Lipinski definition) is 1. The first-order valence-electron chi connectivity index (χ1n) is 3.97. The average molecular weight is 191 g/mol. The molecule has 4 heteroatoms. The molecule has 0 bridgehead atoms. The molecule has 1 heterocycles. The summed E-state index contributed by atoms with van der Waals surface area (Å²) < 4.78 is 3.81. The lowest BCUT2D eigenvalue weighted by Gasteiger charge is -1.97. The van der Waals surface area contributed by atoms with Crippen molar-refractivity contribution in [2.75, 3.05) is 0 Å². The third-order valence-electron chi connectivity index (χ3n) is 1.84. The first-order chi connectivity index (χ1) is 6.40. The predicted octanol–water partition coefficient (Wildman–Crippen LogP) is 1.66. The summed E-state index contributed by atoms with van der Waals surface area (Å²) in [6.45, 7) is 0.585. The standard InChI is InChI=1S/C9H9N3S/c10-5-7-1-3-8(4-2-7)9-6-11-12-13-9/h1-4,6H,5,10H2. The Morgan fingerprint density at radius 1 is 1.23 bits per heavy atom. The fraction of sp³-hybridized carbons (Fsp3) is 0.111. The maximum absolute atomic E-state index is 5.50. The van der Waals surface area contributed by atoms with Crippen molar-refractivity contribution in [1.29, 1.82) is 0 Å². The van der Waals surface area contributed by atoms with Gasteiger partial charge in [-0.05, 0) is 22.7 Å². The highest BCUT2D eigenvalue weighted by molar-refractivity contribution is 7.09. The maximum Gasteiger partial charge on any atom is 0.0753 e. The highest BCUT2D eigenvalue weighted by Gasteiger charge is 1.99. The predicted molar refractivity (Wildman–Crippen MR) is 53.2 cm³/mol.